The topological polar surface area (TPSA) is 89.3 Å². The smallest absolute Gasteiger partial charge is 0.321 e. The van der Waals surface area contributed by atoms with Gasteiger partial charge >= 0.3 is 6.01 Å². The van der Waals surface area contributed by atoms with Crippen LogP contribution >= 0.6 is 0 Å². The SMILES string of the molecule is O=C(c1ccc(Oc2ncccn2)cc1)N1CCN(c2ccc(-n3cccc3)nn2)CC1. The molecule has 3 aromatic heterocycles. The van der Waals surface area contributed by atoms with E-state index in [4.69, 9.17) is 4.74 Å². The third kappa shape index (κ3) is 4.27. The zero-order chi connectivity index (χ0) is 21.8. The highest BCUT2D eigenvalue weighted by Gasteiger charge is 2.23. The summed E-state index contributed by atoms with van der Waals surface area (Å²) in [6.45, 7) is 2.65. The number of amides is 1. The Kier molecular flexibility index (Phi) is 5.44. The van der Waals surface area contributed by atoms with Gasteiger partial charge in [-0.05, 0) is 54.6 Å². The molecule has 5 rings (SSSR count). The molecule has 0 spiro atoms. The lowest BCUT2D eigenvalue weighted by atomic mass is 10.1. The molecule has 0 unspecified atom stereocenters. The first-order valence-corrected chi connectivity index (χ1v) is 10.3. The van der Waals surface area contributed by atoms with E-state index in [0.717, 1.165) is 11.6 Å². The van der Waals surface area contributed by atoms with Gasteiger partial charge in [-0.2, -0.15) is 0 Å². The predicted octanol–water partition coefficient (Wildman–Crippen LogP) is 2.81. The molecule has 4 aromatic rings. The molecule has 0 aliphatic carbocycles. The summed E-state index contributed by atoms with van der Waals surface area (Å²) in [6.07, 6.45) is 7.09. The fraction of sp³-hybridized carbons (Fsp3) is 0.174. The van der Waals surface area contributed by atoms with Crippen LogP contribution in [0.2, 0.25) is 0 Å². The third-order valence-electron chi connectivity index (χ3n) is 5.25. The summed E-state index contributed by atoms with van der Waals surface area (Å²) >= 11 is 0. The molecule has 0 N–H and O–H groups in total. The quantitative estimate of drug-likeness (QED) is 0.484. The number of rotatable bonds is 5. The average molecular weight is 427 g/mol. The van der Waals surface area contributed by atoms with Gasteiger partial charge in [0, 0.05) is 56.5 Å². The maximum absolute atomic E-state index is 12.9. The van der Waals surface area contributed by atoms with E-state index in [9.17, 15) is 4.79 Å². The van der Waals surface area contributed by atoms with Crippen LogP contribution < -0.4 is 9.64 Å². The van der Waals surface area contributed by atoms with E-state index in [1.807, 2.05) is 46.1 Å². The molecule has 1 fully saturated rings. The summed E-state index contributed by atoms with van der Waals surface area (Å²) in [5, 5.41) is 8.66. The normalized spacial score (nSPS) is 13.8. The molecule has 9 nitrogen and oxygen atoms in total. The number of nitrogens with zero attached hydrogens (tertiary/aromatic N) is 7. The maximum Gasteiger partial charge on any atom is 0.321 e. The second-order valence-electron chi connectivity index (χ2n) is 7.28. The Bertz CT molecular complexity index is 1160. The molecule has 1 aromatic carbocycles. The lowest BCUT2D eigenvalue weighted by Crippen LogP contribution is -2.49. The Labute approximate surface area is 184 Å². The highest BCUT2D eigenvalue weighted by molar-refractivity contribution is 5.94. The Balaban J connectivity index is 1.17. The molecule has 9 heteroatoms. The number of benzene rings is 1. The molecule has 160 valence electrons. The molecule has 1 saturated heterocycles. The summed E-state index contributed by atoms with van der Waals surface area (Å²) in [7, 11) is 0. The Morgan fingerprint density at radius 1 is 0.781 bits per heavy atom. The molecule has 1 aliphatic rings. The van der Waals surface area contributed by atoms with Crippen LogP contribution in [0.5, 0.6) is 11.8 Å². The molecule has 0 saturated carbocycles. The van der Waals surface area contributed by atoms with Crippen molar-refractivity contribution in [1.82, 2.24) is 29.6 Å². The van der Waals surface area contributed by atoms with Crippen LogP contribution in [0.1, 0.15) is 10.4 Å². The second-order valence-corrected chi connectivity index (χ2v) is 7.28. The molecule has 1 aliphatic heterocycles. The van der Waals surface area contributed by atoms with Crippen LogP contribution in [-0.2, 0) is 0 Å². The van der Waals surface area contributed by atoms with E-state index in [1.165, 1.54) is 0 Å². The van der Waals surface area contributed by atoms with Crippen molar-refractivity contribution >= 4 is 11.7 Å². The van der Waals surface area contributed by atoms with E-state index < -0.39 is 0 Å². The van der Waals surface area contributed by atoms with Crippen LogP contribution in [0.15, 0.2) is 79.4 Å². The number of ether oxygens (including phenoxy) is 1. The van der Waals surface area contributed by atoms with Crippen LogP contribution in [0.4, 0.5) is 5.82 Å². The summed E-state index contributed by atoms with van der Waals surface area (Å²) in [4.78, 5) is 25.0. The zero-order valence-electron chi connectivity index (χ0n) is 17.3. The molecule has 4 heterocycles. The number of anilines is 1. The second kappa shape index (κ2) is 8.84. The minimum absolute atomic E-state index is 0.00111. The van der Waals surface area contributed by atoms with E-state index in [2.05, 4.69) is 25.1 Å². The average Bonchev–Trinajstić information content (AvgIpc) is 3.40. The lowest BCUT2D eigenvalue weighted by molar-refractivity contribution is 0.0746. The van der Waals surface area contributed by atoms with Gasteiger partial charge in [0.2, 0.25) is 0 Å². The van der Waals surface area contributed by atoms with Gasteiger partial charge < -0.3 is 19.1 Å². The van der Waals surface area contributed by atoms with Gasteiger partial charge in [-0.3, -0.25) is 4.79 Å². The van der Waals surface area contributed by atoms with Crippen molar-refractivity contribution in [3.8, 4) is 17.6 Å². The summed E-state index contributed by atoms with van der Waals surface area (Å²) in [5.74, 6) is 2.18. The summed E-state index contributed by atoms with van der Waals surface area (Å²) < 4.78 is 7.50. The number of hydrogen-bond donors (Lipinski definition) is 0. The molecule has 0 atom stereocenters. The fourth-order valence-electron chi connectivity index (χ4n) is 3.54. The number of aromatic nitrogens is 5. The minimum Gasteiger partial charge on any atom is -0.424 e. The molecule has 1 amide bonds. The first kappa shape index (κ1) is 19.7. The third-order valence-corrected chi connectivity index (χ3v) is 5.25. The first-order valence-electron chi connectivity index (χ1n) is 10.3. The molecule has 0 radical (unpaired) electrons. The molecular formula is C23H21N7O2. The largest absolute Gasteiger partial charge is 0.424 e. The number of piperazine rings is 1. The van der Waals surface area contributed by atoms with Crippen molar-refractivity contribution in [1.29, 1.82) is 0 Å². The van der Waals surface area contributed by atoms with Crippen LogP contribution in [0, 0.1) is 0 Å². The van der Waals surface area contributed by atoms with Crippen molar-refractivity contribution < 1.29 is 9.53 Å². The van der Waals surface area contributed by atoms with Gasteiger partial charge in [-0.15, -0.1) is 10.2 Å². The van der Waals surface area contributed by atoms with Crippen molar-refractivity contribution in [2.45, 2.75) is 0 Å². The van der Waals surface area contributed by atoms with E-state index in [0.29, 0.717) is 37.5 Å². The van der Waals surface area contributed by atoms with E-state index >= 15 is 0 Å². The van der Waals surface area contributed by atoms with Gasteiger partial charge in [0.15, 0.2) is 11.6 Å². The highest BCUT2D eigenvalue weighted by atomic mass is 16.5. The summed E-state index contributed by atoms with van der Waals surface area (Å²) in [6, 6.07) is 16.8. The van der Waals surface area contributed by atoms with Gasteiger partial charge in [0.05, 0.1) is 0 Å². The van der Waals surface area contributed by atoms with Crippen molar-refractivity contribution in [2.75, 3.05) is 31.1 Å². The monoisotopic (exact) mass is 427 g/mol. The molecule has 0 bridgehead atoms. The maximum atomic E-state index is 12.9. The van der Waals surface area contributed by atoms with E-state index in [-0.39, 0.29) is 11.9 Å². The minimum atomic E-state index is 0.00111. The number of carbonyl (C=O) groups excluding carboxylic acids is 1. The van der Waals surface area contributed by atoms with Crippen molar-refractivity contribution in [3.05, 3.63) is 84.9 Å². The van der Waals surface area contributed by atoms with Crippen LogP contribution in [0.25, 0.3) is 5.82 Å². The molecular weight excluding hydrogens is 406 g/mol. The van der Waals surface area contributed by atoms with Gasteiger partial charge in [-0.1, -0.05) is 0 Å². The van der Waals surface area contributed by atoms with Crippen LogP contribution in [0.3, 0.4) is 0 Å². The van der Waals surface area contributed by atoms with Crippen molar-refractivity contribution in [2.24, 2.45) is 0 Å². The lowest BCUT2D eigenvalue weighted by Gasteiger charge is -2.35. The highest BCUT2D eigenvalue weighted by Crippen LogP contribution is 2.20. The fourth-order valence-corrected chi connectivity index (χ4v) is 3.54. The molecule has 32 heavy (non-hydrogen) atoms. The zero-order valence-corrected chi connectivity index (χ0v) is 17.3. The predicted molar refractivity (Wildman–Crippen MR) is 118 cm³/mol. The van der Waals surface area contributed by atoms with Crippen molar-refractivity contribution in [3.63, 3.8) is 0 Å². The Hall–Kier alpha value is -4.27. The van der Waals surface area contributed by atoms with E-state index in [1.54, 1.807) is 42.7 Å². The number of hydrogen-bond acceptors (Lipinski definition) is 7. The standard InChI is InChI=1S/C23H21N7O2/c31-22(18-4-6-19(7-5-18)32-23-24-10-3-11-25-23)30-16-14-29(15-17-30)21-9-8-20(26-27-21)28-12-1-2-13-28/h1-13H,14-17H2. The summed E-state index contributed by atoms with van der Waals surface area (Å²) in [5.41, 5.74) is 0.621. The van der Waals surface area contributed by atoms with Gasteiger partial charge in [-0.25, -0.2) is 9.97 Å². The first-order chi connectivity index (χ1) is 15.8. The van der Waals surface area contributed by atoms with Crippen LogP contribution in [-0.4, -0.2) is 61.7 Å². The number of carbonyl (C=O) groups is 1. The Morgan fingerprint density at radius 2 is 1.44 bits per heavy atom. The van der Waals surface area contributed by atoms with Gasteiger partial charge in [0.1, 0.15) is 5.75 Å². The van der Waals surface area contributed by atoms with Gasteiger partial charge in [0.25, 0.3) is 5.91 Å². The Morgan fingerprint density at radius 3 is 2.09 bits per heavy atom.